The monoisotopic (exact) mass is 363 g/mol. The second-order valence-corrected chi connectivity index (χ2v) is 6.43. The van der Waals surface area contributed by atoms with Crippen molar-refractivity contribution in [1.29, 1.82) is 0 Å². The van der Waals surface area contributed by atoms with Crippen LogP contribution in [0.4, 0.5) is 19.0 Å². The van der Waals surface area contributed by atoms with Gasteiger partial charge in [0.2, 0.25) is 0 Å². The minimum absolute atomic E-state index is 0.0820. The van der Waals surface area contributed by atoms with E-state index in [0.29, 0.717) is 16.9 Å². The molecule has 1 fully saturated rings. The second-order valence-electron chi connectivity index (χ2n) is 6.43. The Morgan fingerprint density at radius 2 is 1.92 bits per heavy atom. The summed E-state index contributed by atoms with van der Waals surface area (Å²) >= 11 is 0. The standard InChI is InChI=1S/C19H20F3N3O/c1-24(13-14-6-4-7-15(12-14)19(20,21)22)17-16(8-5-9-23-17)18(26)25-10-2-3-11-25/h4-9,12H,2-3,10-11,13H2,1H3. The minimum atomic E-state index is -4.38. The lowest BCUT2D eigenvalue weighted by Gasteiger charge is -2.23. The number of amides is 1. The van der Waals surface area contributed by atoms with E-state index in [-0.39, 0.29) is 12.5 Å². The van der Waals surface area contributed by atoms with Crippen LogP contribution in [0.3, 0.4) is 0 Å². The molecule has 0 aliphatic carbocycles. The van der Waals surface area contributed by atoms with E-state index in [4.69, 9.17) is 0 Å². The number of aromatic nitrogens is 1. The molecule has 1 aliphatic heterocycles. The van der Waals surface area contributed by atoms with Gasteiger partial charge in [-0.2, -0.15) is 13.2 Å². The highest BCUT2D eigenvalue weighted by Crippen LogP contribution is 2.30. The summed E-state index contributed by atoms with van der Waals surface area (Å²) in [6.45, 7) is 1.68. The van der Waals surface area contributed by atoms with Crippen LogP contribution in [-0.2, 0) is 12.7 Å². The number of alkyl halides is 3. The maximum absolute atomic E-state index is 12.9. The zero-order valence-corrected chi connectivity index (χ0v) is 14.5. The van der Waals surface area contributed by atoms with E-state index in [0.717, 1.165) is 38.1 Å². The normalized spacial score (nSPS) is 14.5. The van der Waals surface area contributed by atoms with E-state index >= 15 is 0 Å². The van der Waals surface area contributed by atoms with Crippen molar-refractivity contribution in [3.63, 3.8) is 0 Å². The van der Waals surface area contributed by atoms with Gasteiger partial charge in [0, 0.05) is 32.9 Å². The predicted molar refractivity (Wildman–Crippen MR) is 92.9 cm³/mol. The van der Waals surface area contributed by atoms with Crippen molar-refractivity contribution in [2.24, 2.45) is 0 Å². The van der Waals surface area contributed by atoms with E-state index in [1.54, 1.807) is 41.2 Å². The van der Waals surface area contributed by atoms with Gasteiger partial charge in [-0.1, -0.05) is 12.1 Å². The first-order chi connectivity index (χ1) is 12.4. The minimum Gasteiger partial charge on any atom is -0.355 e. The average molecular weight is 363 g/mol. The Morgan fingerprint density at radius 1 is 1.19 bits per heavy atom. The Morgan fingerprint density at radius 3 is 2.62 bits per heavy atom. The van der Waals surface area contributed by atoms with E-state index in [1.165, 1.54) is 6.07 Å². The molecule has 3 rings (SSSR count). The molecule has 138 valence electrons. The van der Waals surface area contributed by atoms with Crippen molar-refractivity contribution >= 4 is 11.7 Å². The fourth-order valence-corrected chi connectivity index (χ4v) is 3.15. The summed E-state index contributed by atoms with van der Waals surface area (Å²) in [6, 6.07) is 8.61. The quantitative estimate of drug-likeness (QED) is 0.825. The first kappa shape index (κ1) is 18.2. The summed E-state index contributed by atoms with van der Waals surface area (Å²) in [6.07, 6.45) is -0.821. The van der Waals surface area contributed by atoms with Crippen molar-refractivity contribution in [1.82, 2.24) is 9.88 Å². The first-order valence-electron chi connectivity index (χ1n) is 8.48. The Hall–Kier alpha value is -2.57. The smallest absolute Gasteiger partial charge is 0.355 e. The third kappa shape index (κ3) is 3.98. The Balaban J connectivity index is 1.82. The molecule has 0 N–H and O–H groups in total. The molecule has 1 aliphatic rings. The third-order valence-corrected chi connectivity index (χ3v) is 4.45. The molecule has 0 bridgehead atoms. The molecule has 0 unspecified atom stereocenters. The van der Waals surface area contributed by atoms with Gasteiger partial charge in [0.15, 0.2) is 0 Å². The molecule has 2 heterocycles. The Labute approximate surface area is 150 Å². The second kappa shape index (κ2) is 7.35. The predicted octanol–water partition coefficient (Wildman–Crippen LogP) is 3.97. The van der Waals surface area contributed by atoms with Gasteiger partial charge in [-0.05, 0) is 42.7 Å². The number of anilines is 1. The van der Waals surface area contributed by atoms with Crippen molar-refractivity contribution in [2.75, 3.05) is 25.0 Å². The highest BCUT2D eigenvalue weighted by atomic mass is 19.4. The average Bonchev–Trinajstić information content (AvgIpc) is 3.15. The molecule has 1 aromatic carbocycles. The maximum atomic E-state index is 12.9. The fourth-order valence-electron chi connectivity index (χ4n) is 3.15. The molecule has 26 heavy (non-hydrogen) atoms. The van der Waals surface area contributed by atoms with Crippen LogP contribution in [-0.4, -0.2) is 35.9 Å². The summed E-state index contributed by atoms with van der Waals surface area (Å²) in [5, 5.41) is 0. The van der Waals surface area contributed by atoms with Crippen LogP contribution in [0.15, 0.2) is 42.6 Å². The van der Waals surface area contributed by atoms with Crippen LogP contribution in [0.5, 0.6) is 0 Å². The number of benzene rings is 1. The highest BCUT2D eigenvalue weighted by molar-refractivity contribution is 5.99. The number of nitrogens with zero attached hydrogens (tertiary/aromatic N) is 3. The number of rotatable bonds is 4. The molecule has 0 radical (unpaired) electrons. The largest absolute Gasteiger partial charge is 0.416 e. The Bertz CT molecular complexity index is 786. The molecule has 4 nitrogen and oxygen atoms in total. The first-order valence-corrected chi connectivity index (χ1v) is 8.48. The maximum Gasteiger partial charge on any atom is 0.416 e. The molecular weight excluding hydrogens is 343 g/mol. The van der Waals surface area contributed by atoms with Crippen molar-refractivity contribution in [2.45, 2.75) is 25.6 Å². The number of hydrogen-bond donors (Lipinski definition) is 0. The van der Waals surface area contributed by atoms with Crippen LogP contribution in [0.25, 0.3) is 0 Å². The summed E-state index contributed by atoms with van der Waals surface area (Å²) in [7, 11) is 1.73. The number of pyridine rings is 1. The SMILES string of the molecule is CN(Cc1cccc(C(F)(F)F)c1)c1ncccc1C(=O)N1CCCC1. The third-order valence-electron chi connectivity index (χ3n) is 4.45. The number of carbonyl (C=O) groups excluding carboxylic acids is 1. The van der Waals surface area contributed by atoms with Crippen molar-refractivity contribution in [3.8, 4) is 0 Å². The van der Waals surface area contributed by atoms with Crippen LogP contribution in [0.1, 0.15) is 34.3 Å². The van der Waals surface area contributed by atoms with E-state index in [9.17, 15) is 18.0 Å². The molecule has 0 atom stereocenters. The van der Waals surface area contributed by atoms with Gasteiger partial charge in [0.1, 0.15) is 5.82 Å². The van der Waals surface area contributed by atoms with E-state index in [2.05, 4.69) is 4.98 Å². The van der Waals surface area contributed by atoms with Gasteiger partial charge in [-0.15, -0.1) is 0 Å². The van der Waals surface area contributed by atoms with Gasteiger partial charge in [0.25, 0.3) is 5.91 Å². The van der Waals surface area contributed by atoms with E-state index in [1.807, 2.05) is 0 Å². The molecule has 0 spiro atoms. The fraction of sp³-hybridized carbons (Fsp3) is 0.368. The van der Waals surface area contributed by atoms with E-state index < -0.39 is 11.7 Å². The number of hydrogen-bond acceptors (Lipinski definition) is 3. The highest BCUT2D eigenvalue weighted by Gasteiger charge is 2.30. The van der Waals surface area contributed by atoms with Gasteiger partial charge in [-0.25, -0.2) is 4.98 Å². The number of carbonyl (C=O) groups is 1. The molecular formula is C19H20F3N3O. The molecule has 7 heteroatoms. The summed E-state index contributed by atoms with van der Waals surface area (Å²) < 4.78 is 38.7. The van der Waals surface area contributed by atoms with Crippen LogP contribution in [0.2, 0.25) is 0 Å². The number of likely N-dealkylation sites (tertiary alicyclic amines) is 1. The summed E-state index contributed by atoms with van der Waals surface area (Å²) in [4.78, 5) is 20.5. The van der Waals surface area contributed by atoms with Crippen molar-refractivity contribution < 1.29 is 18.0 Å². The van der Waals surface area contributed by atoms with Gasteiger partial charge < -0.3 is 9.80 Å². The lowest BCUT2D eigenvalue weighted by molar-refractivity contribution is -0.137. The van der Waals surface area contributed by atoms with Gasteiger partial charge >= 0.3 is 6.18 Å². The Kier molecular flexibility index (Phi) is 5.15. The lowest BCUT2D eigenvalue weighted by atomic mass is 10.1. The summed E-state index contributed by atoms with van der Waals surface area (Å²) in [5.74, 6) is 0.392. The molecule has 1 saturated heterocycles. The lowest BCUT2D eigenvalue weighted by Crippen LogP contribution is -2.30. The number of halogens is 3. The van der Waals surface area contributed by atoms with Crippen molar-refractivity contribution in [3.05, 3.63) is 59.3 Å². The van der Waals surface area contributed by atoms with Crippen LogP contribution in [0, 0.1) is 0 Å². The van der Waals surface area contributed by atoms with Crippen LogP contribution < -0.4 is 4.90 Å². The zero-order chi connectivity index (χ0) is 18.7. The summed E-state index contributed by atoms with van der Waals surface area (Å²) in [5.41, 5.74) is 0.300. The van der Waals surface area contributed by atoms with Gasteiger partial charge in [0.05, 0.1) is 11.1 Å². The molecule has 0 saturated carbocycles. The van der Waals surface area contributed by atoms with Crippen LogP contribution >= 0.6 is 0 Å². The van der Waals surface area contributed by atoms with Gasteiger partial charge in [-0.3, -0.25) is 4.79 Å². The molecule has 1 aromatic heterocycles. The zero-order valence-electron chi connectivity index (χ0n) is 14.5. The topological polar surface area (TPSA) is 36.4 Å². The molecule has 2 aromatic rings. The molecule has 1 amide bonds.